The minimum atomic E-state index is -0.301. The molecule has 0 amide bonds. The van der Waals surface area contributed by atoms with Crippen LogP contribution in [-0.2, 0) is 9.47 Å². The highest BCUT2D eigenvalue weighted by Crippen LogP contribution is 2.39. The van der Waals surface area contributed by atoms with Crippen LogP contribution in [0, 0.1) is 5.82 Å². The number of rotatable bonds is 5. The molecule has 0 bridgehead atoms. The Morgan fingerprint density at radius 3 is 2.88 bits per heavy atom. The first-order valence-corrected chi connectivity index (χ1v) is 8.65. The average Bonchev–Trinajstić information content (AvgIpc) is 3.20. The number of halogens is 1. The first-order valence-electron chi connectivity index (χ1n) is 8.65. The second-order valence-corrected chi connectivity index (χ2v) is 7.03. The van der Waals surface area contributed by atoms with Crippen LogP contribution in [-0.4, -0.2) is 60.9 Å². The summed E-state index contributed by atoms with van der Waals surface area (Å²) in [4.78, 5) is 1.99. The van der Waals surface area contributed by atoms with Crippen molar-refractivity contribution in [3.05, 3.63) is 30.4 Å². The largest absolute Gasteiger partial charge is 0.483 e. The van der Waals surface area contributed by atoms with Crippen LogP contribution in [0.4, 0.5) is 16.1 Å². The molecule has 0 radical (unpaired) electrons. The van der Waals surface area contributed by atoms with Crippen molar-refractivity contribution in [2.45, 2.75) is 24.2 Å². The maximum absolute atomic E-state index is 13.7. The van der Waals surface area contributed by atoms with E-state index in [1.54, 1.807) is 6.07 Å². The predicted molar refractivity (Wildman–Crippen MR) is 88.9 cm³/mol. The van der Waals surface area contributed by atoms with E-state index in [0.29, 0.717) is 50.4 Å². The van der Waals surface area contributed by atoms with Crippen molar-refractivity contribution in [3.8, 4) is 5.75 Å². The Bertz CT molecular complexity index is 777. The fraction of sp³-hybridized carbons (Fsp3) is 0.529. The molecule has 1 aromatic carbocycles. The van der Waals surface area contributed by atoms with Gasteiger partial charge in [-0.3, -0.25) is 0 Å². The summed E-state index contributed by atoms with van der Waals surface area (Å²) in [7, 11) is 0. The highest BCUT2D eigenvalue weighted by atomic mass is 19.1. The Morgan fingerprint density at radius 2 is 2.15 bits per heavy atom. The van der Waals surface area contributed by atoms with Gasteiger partial charge in [0.15, 0.2) is 0 Å². The highest BCUT2D eigenvalue weighted by Gasteiger charge is 2.51. The molecule has 3 aliphatic rings. The zero-order valence-corrected chi connectivity index (χ0v) is 14.1. The van der Waals surface area contributed by atoms with Crippen LogP contribution < -0.4 is 15.0 Å². The Morgan fingerprint density at radius 1 is 1.27 bits per heavy atom. The molecule has 9 heteroatoms. The number of aromatic nitrogens is 2. The average molecular weight is 362 g/mol. The molecule has 3 fully saturated rings. The van der Waals surface area contributed by atoms with E-state index in [4.69, 9.17) is 18.6 Å². The molecular weight excluding hydrogens is 343 g/mol. The van der Waals surface area contributed by atoms with Crippen LogP contribution in [0.5, 0.6) is 5.75 Å². The lowest BCUT2D eigenvalue weighted by molar-refractivity contribution is -0.0794. The van der Waals surface area contributed by atoms with E-state index in [2.05, 4.69) is 15.5 Å². The molecule has 0 unspecified atom stereocenters. The van der Waals surface area contributed by atoms with E-state index >= 15 is 0 Å². The number of benzene rings is 1. The maximum atomic E-state index is 13.7. The van der Waals surface area contributed by atoms with Crippen LogP contribution in [0.3, 0.4) is 0 Å². The lowest BCUT2D eigenvalue weighted by atomic mass is 9.90. The van der Waals surface area contributed by atoms with Crippen molar-refractivity contribution < 1.29 is 23.0 Å². The van der Waals surface area contributed by atoms with Gasteiger partial charge in [0.05, 0.1) is 44.6 Å². The topological polar surface area (TPSA) is 81.9 Å². The van der Waals surface area contributed by atoms with E-state index in [9.17, 15) is 4.39 Å². The fourth-order valence-electron chi connectivity index (χ4n) is 3.65. The molecule has 0 aliphatic carbocycles. The second kappa shape index (κ2) is 6.10. The van der Waals surface area contributed by atoms with Gasteiger partial charge in [-0.05, 0) is 12.1 Å². The van der Waals surface area contributed by atoms with Crippen molar-refractivity contribution in [1.29, 1.82) is 0 Å². The number of nitrogens with zero attached hydrogens (tertiary/aromatic N) is 3. The third-order valence-corrected chi connectivity index (χ3v) is 4.99. The molecule has 1 N–H and O–H groups in total. The summed E-state index contributed by atoms with van der Waals surface area (Å²) in [6.07, 6.45) is 2.17. The molecule has 0 saturated carbocycles. The lowest BCUT2D eigenvalue weighted by Gasteiger charge is -2.45. The van der Waals surface area contributed by atoms with Crippen LogP contribution in [0.1, 0.15) is 6.42 Å². The van der Waals surface area contributed by atoms with Crippen LogP contribution in [0.15, 0.2) is 29.0 Å². The van der Waals surface area contributed by atoms with Crippen molar-refractivity contribution >= 4 is 11.7 Å². The molecular formula is C17H19FN4O4. The van der Waals surface area contributed by atoms with Crippen LogP contribution >= 0.6 is 0 Å². The number of anilines is 2. The smallest absolute Gasteiger partial charge is 0.318 e. The monoisotopic (exact) mass is 362 g/mol. The van der Waals surface area contributed by atoms with E-state index < -0.39 is 0 Å². The number of nitrogens with one attached hydrogen (secondary N) is 1. The molecule has 1 aromatic heterocycles. The van der Waals surface area contributed by atoms with Gasteiger partial charge in [0.25, 0.3) is 0 Å². The first kappa shape index (κ1) is 15.8. The van der Waals surface area contributed by atoms with E-state index in [1.165, 1.54) is 18.5 Å². The molecule has 1 atom stereocenters. The summed E-state index contributed by atoms with van der Waals surface area (Å²) in [6.45, 7) is 3.11. The molecule has 26 heavy (non-hydrogen) atoms. The first-order chi connectivity index (χ1) is 12.7. The van der Waals surface area contributed by atoms with E-state index in [0.717, 1.165) is 6.42 Å². The summed E-state index contributed by atoms with van der Waals surface area (Å²) in [5, 5.41) is 11.0. The molecule has 5 rings (SSSR count). The number of hydrogen-bond donors (Lipinski definition) is 1. The molecule has 1 spiro atoms. The van der Waals surface area contributed by atoms with Crippen molar-refractivity contribution in [2.75, 3.05) is 43.1 Å². The van der Waals surface area contributed by atoms with Crippen molar-refractivity contribution in [2.24, 2.45) is 0 Å². The third kappa shape index (κ3) is 2.86. The SMILES string of the molecule is Fc1ccc(OC2COC2)c(N[C@@H]2COC3(C2)CN(c2nnco2)C3)c1. The zero-order chi connectivity index (χ0) is 17.6. The summed E-state index contributed by atoms with van der Waals surface area (Å²) >= 11 is 0. The van der Waals surface area contributed by atoms with Gasteiger partial charge in [-0.15, -0.1) is 5.10 Å². The Hall–Kier alpha value is -2.39. The van der Waals surface area contributed by atoms with E-state index in [1.807, 2.05) is 4.90 Å². The standard InChI is InChI=1S/C17H19FN4O4/c18-11-1-2-15(26-13-6-23-7-13)14(3-11)20-12-4-17(25-5-12)8-22(9-17)16-21-19-10-24-16/h1-3,10,12-13,20H,4-9H2/t12-/m0/s1. The van der Waals surface area contributed by atoms with Gasteiger partial charge in [0.2, 0.25) is 6.39 Å². The summed E-state index contributed by atoms with van der Waals surface area (Å²) in [5.74, 6) is 0.339. The van der Waals surface area contributed by atoms with Gasteiger partial charge in [-0.2, -0.15) is 0 Å². The normalized spacial score (nSPS) is 24.3. The summed E-state index contributed by atoms with van der Waals surface area (Å²) in [6, 6.07) is 5.12. The predicted octanol–water partition coefficient (Wildman–Crippen LogP) is 1.45. The van der Waals surface area contributed by atoms with Crippen molar-refractivity contribution in [3.63, 3.8) is 0 Å². The number of ether oxygens (including phenoxy) is 3. The summed E-state index contributed by atoms with van der Waals surface area (Å²) in [5.41, 5.74) is 0.429. The van der Waals surface area contributed by atoms with E-state index in [-0.39, 0.29) is 23.6 Å². The molecule has 4 heterocycles. The minimum absolute atomic E-state index is 0.0294. The van der Waals surface area contributed by atoms with Crippen molar-refractivity contribution in [1.82, 2.24) is 10.2 Å². The minimum Gasteiger partial charge on any atom is -0.483 e. The van der Waals surface area contributed by atoms with Gasteiger partial charge in [-0.1, -0.05) is 5.10 Å². The molecule has 2 aromatic rings. The molecule has 138 valence electrons. The van der Waals surface area contributed by atoms with Crippen LogP contribution in [0.25, 0.3) is 0 Å². The molecule has 8 nitrogen and oxygen atoms in total. The highest BCUT2D eigenvalue weighted by molar-refractivity contribution is 5.57. The Balaban J connectivity index is 1.23. The van der Waals surface area contributed by atoms with Gasteiger partial charge >= 0.3 is 6.01 Å². The summed E-state index contributed by atoms with van der Waals surface area (Å²) < 4.78 is 36.0. The van der Waals surface area contributed by atoms with Crippen LogP contribution in [0.2, 0.25) is 0 Å². The maximum Gasteiger partial charge on any atom is 0.318 e. The lowest BCUT2D eigenvalue weighted by Crippen LogP contribution is -2.62. The number of hydrogen-bond acceptors (Lipinski definition) is 8. The quantitative estimate of drug-likeness (QED) is 0.856. The fourth-order valence-corrected chi connectivity index (χ4v) is 3.65. The second-order valence-electron chi connectivity index (χ2n) is 7.03. The van der Waals surface area contributed by atoms with Gasteiger partial charge in [0, 0.05) is 12.5 Å². The molecule has 3 saturated heterocycles. The third-order valence-electron chi connectivity index (χ3n) is 4.99. The van der Waals surface area contributed by atoms with Gasteiger partial charge in [-0.25, -0.2) is 4.39 Å². The Labute approximate surface area is 149 Å². The van der Waals surface area contributed by atoms with Gasteiger partial charge in [0.1, 0.15) is 23.3 Å². The Kier molecular flexibility index (Phi) is 3.71. The zero-order valence-electron chi connectivity index (χ0n) is 14.1. The van der Waals surface area contributed by atoms with Gasteiger partial charge < -0.3 is 28.8 Å². The molecule has 3 aliphatic heterocycles.